The van der Waals surface area contributed by atoms with E-state index in [1.807, 2.05) is 0 Å². The molecule has 8 aromatic carbocycles. The summed E-state index contributed by atoms with van der Waals surface area (Å²) in [6.07, 6.45) is 0. The van der Waals surface area contributed by atoms with Gasteiger partial charge in [0.25, 0.3) is 0 Å². The maximum absolute atomic E-state index is 3.93. The van der Waals surface area contributed by atoms with E-state index >= 15 is 0 Å². The van der Waals surface area contributed by atoms with E-state index in [1.54, 1.807) is 0 Å². The molecule has 0 radical (unpaired) electrons. The van der Waals surface area contributed by atoms with Gasteiger partial charge in [-0.2, -0.15) is 0 Å². The number of hydrogen-bond donors (Lipinski definition) is 1. The molecule has 1 N–H and O–H groups in total. The quantitative estimate of drug-likeness (QED) is 0.195. The first-order valence-electron chi connectivity index (χ1n) is 17.9. The Kier molecular flexibility index (Phi) is 6.51. The molecule has 51 heavy (non-hydrogen) atoms. The summed E-state index contributed by atoms with van der Waals surface area (Å²) in [5.41, 5.74) is 17.3. The van der Waals surface area contributed by atoms with Crippen molar-refractivity contribution >= 4 is 22.1 Å². The van der Waals surface area contributed by atoms with Crippen LogP contribution in [0.25, 0.3) is 44.2 Å². The van der Waals surface area contributed by atoms with Crippen molar-refractivity contribution in [2.24, 2.45) is 0 Å². The van der Waals surface area contributed by atoms with Crippen molar-refractivity contribution in [3.8, 4) is 33.4 Å². The van der Waals surface area contributed by atoms with Crippen molar-refractivity contribution in [3.05, 3.63) is 215 Å². The number of benzene rings is 8. The van der Waals surface area contributed by atoms with Gasteiger partial charge in [0.15, 0.2) is 0 Å². The van der Waals surface area contributed by atoms with Crippen LogP contribution in [0.1, 0.15) is 47.2 Å². The van der Waals surface area contributed by atoms with Gasteiger partial charge in [0.1, 0.15) is 0 Å². The Bertz CT molecular complexity index is 2590. The van der Waals surface area contributed by atoms with E-state index < -0.39 is 5.41 Å². The molecule has 0 saturated carbocycles. The number of rotatable bonds is 5. The smallest absolute Gasteiger partial charge is 0.0714 e. The van der Waals surface area contributed by atoms with Gasteiger partial charge in [-0.25, -0.2) is 0 Å². The molecule has 0 atom stereocenters. The average molecular weight is 652 g/mol. The normalized spacial score (nSPS) is 14.4. The standard InChI is InChI=1S/C50H37N/c1-49(2)45-31-34-17-10-9-16-33(34)30-43(45)42-25-15-24-41(48(42)49)40-23-12-14-27-47(40)51-37-28-29-39-38-22-11-13-26-44(38)50(46(39)32-37,35-18-5-3-6-19-35)36-20-7-4-8-21-36/h3-32,51H,1-2H3. The molecule has 242 valence electrons. The highest BCUT2D eigenvalue weighted by atomic mass is 14.9. The van der Waals surface area contributed by atoms with E-state index in [-0.39, 0.29) is 5.41 Å². The Morgan fingerprint density at radius 2 is 0.922 bits per heavy atom. The molecule has 0 heterocycles. The Hall–Kier alpha value is -6.18. The fraction of sp³-hybridized carbons (Fsp3) is 0.0800. The monoisotopic (exact) mass is 651 g/mol. The van der Waals surface area contributed by atoms with Gasteiger partial charge in [0, 0.05) is 22.4 Å². The summed E-state index contributed by atoms with van der Waals surface area (Å²) in [5, 5.41) is 6.51. The topological polar surface area (TPSA) is 12.0 Å². The van der Waals surface area contributed by atoms with Crippen LogP contribution in [0.2, 0.25) is 0 Å². The largest absolute Gasteiger partial charge is 0.355 e. The summed E-state index contributed by atoms with van der Waals surface area (Å²) in [5.74, 6) is 0. The molecule has 0 aliphatic heterocycles. The van der Waals surface area contributed by atoms with E-state index in [9.17, 15) is 0 Å². The van der Waals surface area contributed by atoms with Crippen molar-refractivity contribution in [2.75, 3.05) is 5.32 Å². The third-order valence-corrected chi connectivity index (χ3v) is 11.5. The van der Waals surface area contributed by atoms with Crippen LogP contribution in [-0.2, 0) is 10.8 Å². The van der Waals surface area contributed by atoms with Gasteiger partial charge in [0.2, 0.25) is 0 Å². The zero-order chi connectivity index (χ0) is 34.2. The lowest BCUT2D eigenvalue weighted by molar-refractivity contribution is 0.663. The Balaban J connectivity index is 1.13. The first-order chi connectivity index (χ1) is 25.0. The van der Waals surface area contributed by atoms with Gasteiger partial charge in [-0.3, -0.25) is 0 Å². The van der Waals surface area contributed by atoms with Crippen molar-refractivity contribution < 1.29 is 0 Å². The van der Waals surface area contributed by atoms with E-state index in [1.165, 1.54) is 77.5 Å². The van der Waals surface area contributed by atoms with E-state index in [0.29, 0.717) is 0 Å². The molecule has 10 rings (SSSR count). The van der Waals surface area contributed by atoms with Crippen LogP contribution in [0.4, 0.5) is 11.4 Å². The van der Waals surface area contributed by atoms with Crippen LogP contribution < -0.4 is 5.32 Å². The molecule has 0 fully saturated rings. The van der Waals surface area contributed by atoms with Gasteiger partial charge < -0.3 is 5.32 Å². The summed E-state index contributed by atoms with van der Waals surface area (Å²) in [6, 6.07) is 67.1. The highest BCUT2D eigenvalue weighted by Gasteiger charge is 2.46. The zero-order valence-corrected chi connectivity index (χ0v) is 28.8. The molecule has 0 saturated heterocycles. The third kappa shape index (κ3) is 4.28. The molecule has 2 aliphatic carbocycles. The lowest BCUT2D eigenvalue weighted by atomic mass is 9.67. The van der Waals surface area contributed by atoms with Crippen molar-refractivity contribution in [1.29, 1.82) is 0 Å². The molecule has 2 aliphatic rings. The molecule has 1 heteroatoms. The van der Waals surface area contributed by atoms with Gasteiger partial charge in [-0.05, 0) is 102 Å². The fourth-order valence-electron chi connectivity index (χ4n) is 9.29. The Labute approximate surface area is 299 Å². The molecular weight excluding hydrogens is 615 g/mol. The van der Waals surface area contributed by atoms with Gasteiger partial charge in [-0.1, -0.05) is 166 Å². The molecule has 0 spiro atoms. The predicted octanol–water partition coefficient (Wildman–Crippen LogP) is 12.9. The number of anilines is 2. The molecular formula is C50H37N. The highest BCUT2D eigenvalue weighted by Crippen LogP contribution is 2.57. The molecule has 0 bridgehead atoms. The summed E-state index contributed by atoms with van der Waals surface area (Å²) in [4.78, 5) is 0. The van der Waals surface area contributed by atoms with Crippen molar-refractivity contribution in [2.45, 2.75) is 24.7 Å². The number of hydrogen-bond acceptors (Lipinski definition) is 1. The second-order valence-corrected chi connectivity index (χ2v) is 14.6. The van der Waals surface area contributed by atoms with Gasteiger partial charge in [-0.15, -0.1) is 0 Å². The van der Waals surface area contributed by atoms with Crippen LogP contribution in [0.5, 0.6) is 0 Å². The van der Waals surface area contributed by atoms with Crippen LogP contribution in [0.3, 0.4) is 0 Å². The summed E-state index contributed by atoms with van der Waals surface area (Å²) in [6.45, 7) is 4.77. The molecule has 0 amide bonds. The van der Waals surface area contributed by atoms with E-state index in [2.05, 4.69) is 201 Å². The van der Waals surface area contributed by atoms with Crippen LogP contribution in [0.15, 0.2) is 182 Å². The van der Waals surface area contributed by atoms with Crippen LogP contribution in [-0.4, -0.2) is 0 Å². The minimum atomic E-state index is -0.439. The Morgan fingerprint density at radius 3 is 1.65 bits per heavy atom. The lowest BCUT2D eigenvalue weighted by Crippen LogP contribution is -2.28. The van der Waals surface area contributed by atoms with E-state index in [0.717, 1.165) is 11.4 Å². The second-order valence-electron chi connectivity index (χ2n) is 14.6. The van der Waals surface area contributed by atoms with Crippen LogP contribution in [0, 0.1) is 0 Å². The zero-order valence-electron chi connectivity index (χ0n) is 28.8. The minimum Gasteiger partial charge on any atom is -0.355 e. The van der Waals surface area contributed by atoms with Crippen LogP contribution >= 0.6 is 0 Å². The molecule has 0 aromatic heterocycles. The Morgan fingerprint density at radius 1 is 0.373 bits per heavy atom. The molecule has 0 unspecified atom stereocenters. The van der Waals surface area contributed by atoms with E-state index in [4.69, 9.17) is 0 Å². The molecule has 8 aromatic rings. The maximum Gasteiger partial charge on any atom is 0.0714 e. The fourth-order valence-corrected chi connectivity index (χ4v) is 9.29. The lowest BCUT2D eigenvalue weighted by Gasteiger charge is -2.34. The predicted molar refractivity (Wildman–Crippen MR) is 214 cm³/mol. The summed E-state index contributed by atoms with van der Waals surface area (Å²) < 4.78 is 0. The maximum atomic E-state index is 3.93. The van der Waals surface area contributed by atoms with Crippen molar-refractivity contribution in [1.82, 2.24) is 0 Å². The minimum absolute atomic E-state index is 0.150. The molecule has 1 nitrogen and oxygen atoms in total. The third-order valence-electron chi connectivity index (χ3n) is 11.5. The van der Waals surface area contributed by atoms with Gasteiger partial charge in [0.05, 0.1) is 5.41 Å². The summed E-state index contributed by atoms with van der Waals surface area (Å²) in [7, 11) is 0. The van der Waals surface area contributed by atoms with Gasteiger partial charge >= 0.3 is 0 Å². The number of fused-ring (bicyclic) bond motifs is 7. The summed E-state index contributed by atoms with van der Waals surface area (Å²) >= 11 is 0. The second kappa shape index (κ2) is 11.2. The number of nitrogens with one attached hydrogen (secondary N) is 1. The SMILES string of the molecule is CC1(C)c2cc3ccccc3cc2-c2cccc(-c3ccccc3Nc3ccc4c(c3)C(c3ccccc3)(c3ccccc3)c3ccccc3-4)c21. The number of para-hydroxylation sites is 1. The first kappa shape index (κ1) is 29.7. The first-order valence-corrected chi connectivity index (χ1v) is 17.9. The average Bonchev–Trinajstić information content (AvgIpc) is 3.60. The van der Waals surface area contributed by atoms with Crippen molar-refractivity contribution in [3.63, 3.8) is 0 Å². The highest BCUT2D eigenvalue weighted by molar-refractivity contribution is 5.97.